The second-order valence-electron chi connectivity index (χ2n) is 8.68. The van der Waals surface area contributed by atoms with Gasteiger partial charge in [-0.15, -0.1) is 11.3 Å². The molecule has 1 aromatic carbocycles. The number of carbonyl (C=O) groups excluding carboxylic acids is 1. The third-order valence-corrected chi connectivity index (χ3v) is 6.38. The molecule has 0 radical (unpaired) electrons. The van der Waals surface area contributed by atoms with Crippen molar-refractivity contribution in [3.63, 3.8) is 0 Å². The third-order valence-electron chi connectivity index (χ3n) is 5.25. The number of fused-ring (bicyclic) bond motifs is 3. The van der Waals surface area contributed by atoms with Gasteiger partial charge in [0.1, 0.15) is 16.2 Å². The van der Waals surface area contributed by atoms with Crippen molar-refractivity contribution in [1.82, 2.24) is 14.5 Å². The Bertz CT molecular complexity index is 1180. The maximum atomic E-state index is 13.2. The van der Waals surface area contributed by atoms with Gasteiger partial charge in [0.05, 0.1) is 25.4 Å². The van der Waals surface area contributed by atoms with Crippen LogP contribution < -0.4 is 10.3 Å². The van der Waals surface area contributed by atoms with Gasteiger partial charge in [0, 0.05) is 18.0 Å². The van der Waals surface area contributed by atoms with Crippen LogP contribution in [0.1, 0.15) is 36.8 Å². The van der Waals surface area contributed by atoms with Crippen LogP contribution in [-0.4, -0.2) is 39.8 Å². The van der Waals surface area contributed by atoms with Crippen molar-refractivity contribution in [3.05, 3.63) is 57.0 Å². The summed E-state index contributed by atoms with van der Waals surface area (Å²) < 4.78 is 12.5. The van der Waals surface area contributed by atoms with E-state index in [0.717, 1.165) is 26.6 Å². The van der Waals surface area contributed by atoms with Gasteiger partial charge in [-0.25, -0.2) is 9.78 Å². The number of benzene rings is 1. The lowest BCUT2D eigenvalue weighted by Gasteiger charge is -2.29. The Kier molecular flexibility index (Phi) is 5.75. The number of hydrogen-bond donors (Lipinski definition) is 0. The van der Waals surface area contributed by atoms with Gasteiger partial charge in [-0.3, -0.25) is 9.36 Å². The van der Waals surface area contributed by atoms with Crippen LogP contribution in [-0.2, 0) is 30.7 Å². The average Bonchev–Trinajstić information content (AvgIpc) is 3.10. The lowest BCUT2D eigenvalue weighted by Crippen LogP contribution is -2.39. The first-order valence-corrected chi connectivity index (χ1v) is 11.2. The fourth-order valence-electron chi connectivity index (χ4n) is 3.74. The van der Waals surface area contributed by atoms with Crippen LogP contribution in [0, 0.1) is 0 Å². The SMILES string of the molecule is COc1cccc(CCn2cnc3sc4c(c3c2=O)CCN(C(=O)OC(C)(C)C)C4)c1. The Morgan fingerprint density at radius 3 is 2.84 bits per heavy atom. The van der Waals surface area contributed by atoms with Crippen LogP contribution in [0.15, 0.2) is 35.4 Å². The summed E-state index contributed by atoms with van der Waals surface area (Å²) in [6.07, 6.45) is 2.65. The van der Waals surface area contributed by atoms with Crippen LogP contribution in [0.25, 0.3) is 10.2 Å². The topological polar surface area (TPSA) is 73.7 Å². The maximum absolute atomic E-state index is 13.2. The molecule has 0 saturated carbocycles. The Hall–Kier alpha value is -2.87. The second kappa shape index (κ2) is 8.34. The molecule has 0 spiro atoms. The molecule has 0 bridgehead atoms. The number of aryl methyl sites for hydroxylation is 2. The van der Waals surface area contributed by atoms with Gasteiger partial charge in [0.25, 0.3) is 5.56 Å². The molecule has 3 heterocycles. The predicted octanol–water partition coefficient (Wildman–Crippen LogP) is 4.00. The summed E-state index contributed by atoms with van der Waals surface area (Å²) in [5.74, 6) is 0.805. The molecule has 164 valence electrons. The summed E-state index contributed by atoms with van der Waals surface area (Å²) in [6, 6.07) is 7.86. The number of methoxy groups -OCH3 is 1. The zero-order chi connectivity index (χ0) is 22.2. The van der Waals surface area contributed by atoms with E-state index in [9.17, 15) is 9.59 Å². The second-order valence-corrected chi connectivity index (χ2v) is 9.76. The quantitative estimate of drug-likeness (QED) is 0.612. The van der Waals surface area contributed by atoms with E-state index in [-0.39, 0.29) is 11.7 Å². The highest BCUT2D eigenvalue weighted by Crippen LogP contribution is 2.32. The van der Waals surface area contributed by atoms with Crippen LogP contribution >= 0.6 is 11.3 Å². The van der Waals surface area contributed by atoms with Gasteiger partial charge < -0.3 is 14.4 Å². The summed E-state index contributed by atoms with van der Waals surface area (Å²) in [7, 11) is 1.64. The van der Waals surface area contributed by atoms with Crippen molar-refractivity contribution in [2.75, 3.05) is 13.7 Å². The van der Waals surface area contributed by atoms with Crippen LogP contribution in [0.2, 0.25) is 0 Å². The first-order chi connectivity index (χ1) is 14.7. The molecule has 0 atom stereocenters. The molecule has 1 aliphatic rings. The molecule has 1 aliphatic heterocycles. The molecular weight excluding hydrogens is 414 g/mol. The minimum atomic E-state index is -0.532. The molecule has 7 nitrogen and oxygen atoms in total. The molecule has 0 unspecified atom stereocenters. The summed E-state index contributed by atoms with van der Waals surface area (Å²) in [4.78, 5) is 33.6. The average molecular weight is 442 g/mol. The van der Waals surface area contributed by atoms with E-state index in [0.29, 0.717) is 37.9 Å². The van der Waals surface area contributed by atoms with Gasteiger partial charge in [-0.1, -0.05) is 12.1 Å². The fraction of sp³-hybridized carbons (Fsp3) is 0.435. The summed E-state index contributed by atoms with van der Waals surface area (Å²) in [5, 5.41) is 0.692. The molecule has 3 aromatic rings. The number of amides is 1. The fourth-order valence-corrected chi connectivity index (χ4v) is 4.93. The lowest BCUT2D eigenvalue weighted by atomic mass is 10.1. The zero-order valence-electron chi connectivity index (χ0n) is 18.3. The van der Waals surface area contributed by atoms with Crippen molar-refractivity contribution in [2.24, 2.45) is 0 Å². The van der Waals surface area contributed by atoms with Gasteiger partial charge in [-0.2, -0.15) is 0 Å². The van der Waals surface area contributed by atoms with Crippen molar-refractivity contribution in [1.29, 1.82) is 0 Å². The summed E-state index contributed by atoms with van der Waals surface area (Å²) in [5.41, 5.74) is 1.58. The molecule has 1 amide bonds. The van der Waals surface area contributed by atoms with Crippen molar-refractivity contribution >= 4 is 27.6 Å². The minimum absolute atomic E-state index is 0.0175. The van der Waals surface area contributed by atoms with E-state index in [4.69, 9.17) is 9.47 Å². The number of carbonyl (C=O) groups is 1. The Balaban J connectivity index is 1.55. The summed E-state index contributed by atoms with van der Waals surface area (Å²) >= 11 is 1.49. The Morgan fingerprint density at radius 1 is 1.29 bits per heavy atom. The molecular formula is C23H27N3O4S. The normalized spacial score (nSPS) is 13.9. The Morgan fingerprint density at radius 2 is 2.10 bits per heavy atom. The predicted molar refractivity (Wildman–Crippen MR) is 121 cm³/mol. The van der Waals surface area contributed by atoms with E-state index in [2.05, 4.69) is 4.98 Å². The number of thiophene rings is 1. The number of ether oxygens (including phenoxy) is 2. The number of rotatable bonds is 4. The van der Waals surface area contributed by atoms with E-state index in [1.54, 1.807) is 22.9 Å². The van der Waals surface area contributed by atoms with E-state index >= 15 is 0 Å². The van der Waals surface area contributed by atoms with Gasteiger partial charge >= 0.3 is 6.09 Å². The molecule has 0 N–H and O–H groups in total. The first kappa shape index (κ1) is 21.4. The monoisotopic (exact) mass is 441 g/mol. The zero-order valence-corrected chi connectivity index (χ0v) is 19.1. The molecule has 0 saturated heterocycles. The molecule has 2 aromatic heterocycles. The lowest BCUT2D eigenvalue weighted by molar-refractivity contribution is 0.0227. The highest BCUT2D eigenvalue weighted by Gasteiger charge is 2.29. The maximum Gasteiger partial charge on any atom is 0.410 e. The van der Waals surface area contributed by atoms with Crippen molar-refractivity contribution < 1.29 is 14.3 Å². The van der Waals surface area contributed by atoms with Crippen molar-refractivity contribution in [2.45, 2.75) is 52.3 Å². The number of hydrogen-bond acceptors (Lipinski definition) is 6. The first-order valence-electron chi connectivity index (χ1n) is 10.4. The summed E-state index contributed by atoms with van der Waals surface area (Å²) in [6.45, 7) is 7.11. The largest absolute Gasteiger partial charge is 0.497 e. The van der Waals surface area contributed by atoms with Crippen LogP contribution in [0.3, 0.4) is 0 Å². The molecule has 31 heavy (non-hydrogen) atoms. The van der Waals surface area contributed by atoms with Gasteiger partial charge in [0.15, 0.2) is 0 Å². The third kappa shape index (κ3) is 4.58. The van der Waals surface area contributed by atoms with Crippen LogP contribution in [0.5, 0.6) is 5.75 Å². The Labute approximate surface area is 185 Å². The minimum Gasteiger partial charge on any atom is -0.497 e. The van der Waals surface area contributed by atoms with Crippen molar-refractivity contribution in [3.8, 4) is 5.75 Å². The molecule has 0 aliphatic carbocycles. The molecule has 4 rings (SSSR count). The molecule has 0 fully saturated rings. The standard InChI is InChI=1S/C23H27N3O4S/c1-23(2,3)30-22(28)25-11-9-17-18(13-25)31-20-19(17)21(27)26(14-24-20)10-8-15-6-5-7-16(12-15)29-4/h5-7,12,14H,8-11,13H2,1-4H3. The number of aromatic nitrogens is 2. The van der Waals surface area contributed by atoms with Crippen LogP contribution in [0.4, 0.5) is 4.79 Å². The highest BCUT2D eigenvalue weighted by atomic mass is 32.1. The van der Waals surface area contributed by atoms with Gasteiger partial charge in [0.2, 0.25) is 0 Å². The highest BCUT2D eigenvalue weighted by molar-refractivity contribution is 7.18. The number of nitrogens with zero attached hydrogens (tertiary/aromatic N) is 3. The molecule has 8 heteroatoms. The van der Waals surface area contributed by atoms with E-state index < -0.39 is 5.60 Å². The van der Waals surface area contributed by atoms with Gasteiger partial charge in [-0.05, 0) is 56.9 Å². The smallest absolute Gasteiger partial charge is 0.410 e. The van der Waals surface area contributed by atoms with E-state index in [1.807, 2.05) is 45.0 Å². The van der Waals surface area contributed by atoms with E-state index in [1.165, 1.54) is 11.3 Å².